The first-order valence-corrected chi connectivity index (χ1v) is 8.31. The smallest absolute Gasteiger partial charge is 0.0951 e. The Bertz CT molecular complexity index is 750. The number of rotatable bonds is 1. The molecule has 3 rings (SSSR count). The van der Waals surface area contributed by atoms with E-state index < -0.39 is 0 Å². The summed E-state index contributed by atoms with van der Waals surface area (Å²) in [4.78, 5) is 9.51. The van der Waals surface area contributed by atoms with Gasteiger partial charge in [-0.05, 0) is 36.9 Å². The molecule has 2 nitrogen and oxygen atoms in total. The Hall–Kier alpha value is -1.58. The predicted octanol–water partition coefficient (Wildman–Crippen LogP) is 4.89. The number of hydrogen-bond donors (Lipinski definition) is 0. The van der Waals surface area contributed by atoms with Crippen molar-refractivity contribution < 1.29 is 0 Å². The second-order valence-corrected chi connectivity index (χ2v) is 6.17. The van der Waals surface area contributed by atoms with Crippen LogP contribution in [0.1, 0.15) is 16.7 Å². The molecule has 0 N–H and O–H groups in total. The SMILES string of the molecule is CSC1=Nc2ccc(Cl)cc2C(c2ccccc2C)=NC1. The number of fused-ring (bicyclic) bond motifs is 1. The van der Waals surface area contributed by atoms with Gasteiger partial charge in [0.25, 0.3) is 0 Å². The molecule has 0 aromatic heterocycles. The van der Waals surface area contributed by atoms with Gasteiger partial charge in [-0.2, -0.15) is 0 Å². The largest absolute Gasteiger partial charge is 0.277 e. The Morgan fingerprint density at radius 2 is 1.90 bits per heavy atom. The molecule has 1 aliphatic heterocycles. The topological polar surface area (TPSA) is 24.7 Å². The lowest BCUT2D eigenvalue weighted by Crippen LogP contribution is -2.06. The minimum atomic E-state index is 0.608. The summed E-state index contributed by atoms with van der Waals surface area (Å²) < 4.78 is 0. The maximum Gasteiger partial charge on any atom is 0.0951 e. The summed E-state index contributed by atoms with van der Waals surface area (Å²) in [6.07, 6.45) is 2.03. The molecule has 0 aliphatic carbocycles. The van der Waals surface area contributed by atoms with Crippen molar-refractivity contribution in [2.24, 2.45) is 9.98 Å². The van der Waals surface area contributed by atoms with Crippen LogP contribution < -0.4 is 0 Å². The highest BCUT2D eigenvalue weighted by Gasteiger charge is 2.17. The highest BCUT2D eigenvalue weighted by atomic mass is 35.5. The zero-order chi connectivity index (χ0) is 14.8. The lowest BCUT2D eigenvalue weighted by Gasteiger charge is -2.11. The Labute approximate surface area is 134 Å². The molecule has 0 amide bonds. The van der Waals surface area contributed by atoms with Crippen molar-refractivity contribution in [3.63, 3.8) is 0 Å². The lowest BCUT2D eigenvalue weighted by molar-refractivity contribution is 1.31. The summed E-state index contributed by atoms with van der Waals surface area (Å²) >= 11 is 7.82. The Balaban J connectivity index is 2.22. The van der Waals surface area contributed by atoms with E-state index in [9.17, 15) is 0 Å². The Morgan fingerprint density at radius 3 is 2.67 bits per heavy atom. The highest BCUT2D eigenvalue weighted by Crippen LogP contribution is 2.30. The van der Waals surface area contributed by atoms with Crippen LogP contribution in [0.2, 0.25) is 5.02 Å². The van der Waals surface area contributed by atoms with Crippen molar-refractivity contribution in [2.45, 2.75) is 6.92 Å². The number of benzene rings is 2. The van der Waals surface area contributed by atoms with Gasteiger partial charge in [-0.1, -0.05) is 35.9 Å². The first-order valence-electron chi connectivity index (χ1n) is 6.71. The maximum absolute atomic E-state index is 6.18. The average Bonchev–Trinajstić information content (AvgIpc) is 2.67. The molecule has 106 valence electrons. The van der Waals surface area contributed by atoms with E-state index in [1.54, 1.807) is 11.8 Å². The molecule has 0 spiro atoms. The van der Waals surface area contributed by atoms with E-state index in [0.717, 1.165) is 27.6 Å². The minimum absolute atomic E-state index is 0.608. The maximum atomic E-state index is 6.18. The monoisotopic (exact) mass is 314 g/mol. The van der Waals surface area contributed by atoms with Gasteiger partial charge in [0, 0.05) is 16.1 Å². The molecule has 1 aliphatic rings. The van der Waals surface area contributed by atoms with Crippen molar-refractivity contribution in [1.29, 1.82) is 0 Å². The van der Waals surface area contributed by atoms with E-state index in [4.69, 9.17) is 21.6 Å². The van der Waals surface area contributed by atoms with Crippen LogP contribution in [-0.2, 0) is 0 Å². The van der Waals surface area contributed by atoms with E-state index in [0.29, 0.717) is 11.6 Å². The first kappa shape index (κ1) is 14.4. The summed E-state index contributed by atoms with van der Waals surface area (Å²) in [6, 6.07) is 14.1. The Morgan fingerprint density at radius 1 is 1.10 bits per heavy atom. The fourth-order valence-corrected chi connectivity index (χ4v) is 2.93. The molecule has 0 bridgehead atoms. The van der Waals surface area contributed by atoms with Crippen LogP contribution in [0.3, 0.4) is 0 Å². The van der Waals surface area contributed by atoms with Crippen LogP contribution in [0.15, 0.2) is 52.4 Å². The number of aliphatic imine (C=N–C) groups is 2. The zero-order valence-electron chi connectivity index (χ0n) is 11.9. The fraction of sp³-hybridized carbons (Fsp3) is 0.176. The molecule has 0 unspecified atom stereocenters. The van der Waals surface area contributed by atoms with Crippen LogP contribution in [0, 0.1) is 6.92 Å². The van der Waals surface area contributed by atoms with Crippen LogP contribution in [0.4, 0.5) is 5.69 Å². The van der Waals surface area contributed by atoms with Crippen molar-refractivity contribution in [3.8, 4) is 0 Å². The number of halogens is 1. The number of thioether (sulfide) groups is 1. The molecular formula is C17H15ClN2S. The molecule has 0 radical (unpaired) electrons. The van der Waals surface area contributed by atoms with Gasteiger partial charge < -0.3 is 0 Å². The van der Waals surface area contributed by atoms with Crippen molar-refractivity contribution in [1.82, 2.24) is 0 Å². The fourth-order valence-electron chi connectivity index (χ4n) is 2.38. The van der Waals surface area contributed by atoms with E-state index in [-0.39, 0.29) is 0 Å². The molecular weight excluding hydrogens is 300 g/mol. The van der Waals surface area contributed by atoms with Crippen molar-refractivity contribution in [3.05, 3.63) is 64.2 Å². The van der Waals surface area contributed by atoms with E-state index in [1.165, 1.54) is 5.56 Å². The first-order chi connectivity index (χ1) is 10.2. The summed E-state index contributed by atoms with van der Waals surface area (Å²) in [5.41, 5.74) is 5.25. The Kier molecular flexibility index (Phi) is 4.13. The molecule has 0 saturated heterocycles. The molecule has 0 atom stereocenters. The minimum Gasteiger partial charge on any atom is -0.277 e. The second kappa shape index (κ2) is 6.04. The van der Waals surface area contributed by atoms with Gasteiger partial charge in [0.2, 0.25) is 0 Å². The van der Waals surface area contributed by atoms with Crippen molar-refractivity contribution >= 4 is 39.8 Å². The van der Waals surface area contributed by atoms with E-state index in [2.05, 4.69) is 19.1 Å². The lowest BCUT2D eigenvalue weighted by atomic mass is 9.97. The van der Waals surface area contributed by atoms with Gasteiger partial charge in [0.05, 0.1) is 23.0 Å². The summed E-state index contributed by atoms with van der Waals surface area (Å²) in [5.74, 6) is 0. The molecule has 4 heteroatoms. The zero-order valence-corrected chi connectivity index (χ0v) is 13.5. The molecule has 0 fully saturated rings. The van der Waals surface area contributed by atoms with Crippen LogP contribution in [-0.4, -0.2) is 23.6 Å². The number of nitrogens with zero attached hydrogens (tertiary/aromatic N) is 2. The van der Waals surface area contributed by atoms with Gasteiger partial charge >= 0.3 is 0 Å². The predicted molar refractivity (Wildman–Crippen MR) is 93.7 cm³/mol. The summed E-state index contributed by atoms with van der Waals surface area (Å²) in [6.45, 7) is 2.71. The van der Waals surface area contributed by atoms with Gasteiger partial charge in [-0.15, -0.1) is 11.8 Å². The highest BCUT2D eigenvalue weighted by molar-refractivity contribution is 8.13. The van der Waals surface area contributed by atoms with Crippen molar-refractivity contribution in [2.75, 3.05) is 12.8 Å². The molecule has 0 saturated carbocycles. The molecule has 2 aromatic carbocycles. The van der Waals surface area contributed by atoms with Crippen LogP contribution in [0.25, 0.3) is 0 Å². The summed E-state index contributed by atoms with van der Waals surface area (Å²) in [7, 11) is 0. The van der Waals surface area contributed by atoms with Crippen LogP contribution >= 0.6 is 23.4 Å². The van der Waals surface area contributed by atoms with Gasteiger partial charge in [-0.25, -0.2) is 4.99 Å². The van der Waals surface area contributed by atoms with E-state index in [1.807, 2.05) is 36.6 Å². The van der Waals surface area contributed by atoms with Gasteiger partial charge in [-0.3, -0.25) is 4.99 Å². The molecule has 21 heavy (non-hydrogen) atoms. The average molecular weight is 315 g/mol. The number of aryl methyl sites for hydroxylation is 1. The number of hydrogen-bond acceptors (Lipinski definition) is 3. The third-order valence-electron chi connectivity index (χ3n) is 3.47. The summed E-state index contributed by atoms with van der Waals surface area (Å²) in [5, 5.41) is 1.72. The van der Waals surface area contributed by atoms with E-state index >= 15 is 0 Å². The normalized spacial score (nSPS) is 14.0. The third kappa shape index (κ3) is 2.89. The third-order valence-corrected chi connectivity index (χ3v) is 4.39. The standard InChI is InChI=1S/C17H15ClN2S/c1-11-5-3-4-6-13(11)17-14-9-12(18)7-8-15(14)20-16(21-2)10-19-17/h3-9H,10H2,1-2H3. The van der Waals surface area contributed by atoms with Gasteiger partial charge in [0.15, 0.2) is 0 Å². The second-order valence-electron chi connectivity index (χ2n) is 4.85. The van der Waals surface area contributed by atoms with Gasteiger partial charge in [0.1, 0.15) is 0 Å². The molecule has 2 aromatic rings. The molecule has 1 heterocycles. The van der Waals surface area contributed by atoms with Crippen LogP contribution in [0.5, 0.6) is 0 Å². The quantitative estimate of drug-likeness (QED) is 0.735.